The van der Waals surface area contributed by atoms with Crippen LogP contribution >= 0.6 is 0 Å². The van der Waals surface area contributed by atoms with Crippen LogP contribution in [0.1, 0.15) is 23.6 Å². The van der Waals surface area contributed by atoms with Crippen molar-refractivity contribution in [1.82, 2.24) is 9.88 Å². The molecule has 0 fully saturated rings. The van der Waals surface area contributed by atoms with Gasteiger partial charge in [-0.1, -0.05) is 176 Å². The van der Waals surface area contributed by atoms with E-state index in [0.717, 1.165) is 94.1 Å². The number of hydrogen-bond donors (Lipinski definition) is 1. The fourth-order valence-corrected chi connectivity index (χ4v) is 9.03. The molecule has 1 N–H and O–H groups in total. The first-order valence-electron chi connectivity index (χ1n) is 19.9. The average Bonchev–Trinajstić information content (AvgIpc) is 3.86. The summed E-state index contributed by atoms with van der Waals surface area (Å²) in [7, 11) is 0. The Labute approximate surface area is 341 Å². The van der Waals surface area contributed by atoms with Gasteiger partial charge < -0.3 is 14.3 Å². The predicted molar refractivity (Wildman–Crippen MR) is 241 cm³/mol. The van der Waals surface area contributed by atoms with E-state index in [0.29, 0.717) is 11.3 Å². The van der Waals surface area contributed by atoms with Gasteiger partial charge in [0.05, 0.1) is 28.1 Å². The van der Waals surface area contributed by atoms with E-state index in [4.69, 9.17) is 9.41 Å². The number of allylic oxidation sites excluding steroid dienone is 1. The fourth-order valence-electron chi connectivity index (χ4n) is 9.03. The summed E-state index contributed by atoms with van der Waals surface area (Å²) in [6, 6.07) is 69.6. The lowest BCUT2D eigenvalue weighted by atomic mass is 9.86. The number of benzene rings is 8. The lowest BCUT2D eigenvalue weighted by Gasteiger charge is -2.37. The van der Waals surface area contributed by atoms with Crippen molar-refractivity contribution in [3.8, 4) is 34.0 Å². The smallest absolute Gasteiger partial charge is 0.160 e. The second kappa shape index (κ2) is 13.6. The lowest BCUT2D eigenvalue weighted by molar-refractivity contribution is 0.447. The maximum Gasteiger partial charge on any atom is 0.160 e. The predicted octanol–water partition coefficient (Wildman–Crippen LogP) is 13.2. The molecule has 278 valence electrons. The third kappa shape index (κ3) is 5.42. The molecule has 59 heavy (non-hydrogen) atoms. The number of furan rings is 1. The van der Waals surface area contributed by atoms with E-state index in [9.17, 15) is 5.26 Å². The molecular weight excluding hydrogens is 721 g/mol. The van der Waals surface area contributed by atoms with Crippen LogP contribution in [0.3, 0.4) is 0 Å². The number of nitrogens with zero attached hydrogens (tertiary/aromatic N) is 3. The Bertz CT molecular complexity index is 3350. The molecule has 3 heterocycles. The van der Waals surface area contributed by atoms with Crippen LogP contribution in [0.15, 0.2) is 209 Å². The van der Waals surface area contributed by atoms with Gasteiger partial charge in [-0.3, -0.25) is 4.99 Å². The van der Waals surface area contributed by atoms with Crippen LogP contribution < -0.4 is 5.32 Å². The van der Waals surface area contributed by atoms with Gasteiger partial charge in [0.1, 0.15) is 17.2 Å². The van der Waals surface area contributed by atoms with Crippen molar-refractivity contribution in [3.63, 3.8) is 0 Å². The Hall–Kier alpha value is -7.94. The van der Waals surface area contributed by atoms with Gasteiger partial charge in [0.2, 0.25) is 0 Å². The second-order valence-electron chi connectivity index (χ2n) is 15.2. The van der Waals surface area contributed by atoms with Crippen LogP contribution in [0, 0.1) is 11.3 Å². The van der Waals surface area contributed by atoms with E-state index in [2.05, 4.69) is 150 Å². The molecule has 0 saturated carbocycles. The molecule has 1 aliphatic rings. The monoisotopic (exact) mass is 756 g/mol. The van der Waals surface area contributed by atoms with E-state index < -0.39 is 5.66 Å². The molecule has 0 saturated heterocycles. The highest BCUT2D eigenvalue weighted by Crippen LogP contribution is 2.46. The van der Waals surface area contributed by atoms with Crippen molar-refractivity contribution in [2.75, 3.05) is 0 Å². The molecule has 5 heteroatoms. The highest BCUT2D eigenvalue weighted by Gasteiger charge is 2.38. The van der Waals surface area contributed by atoms with Gasteiger partial charge in [0.25, 0.3) is 0 Å². The van der Waals surface area contributed by atoms with Gasteiger partial charge in [0.15, 0.2) is 11.2 Å². The highest BCUT2D eigenvalue weighted by atomic mass is 16.3. The molecule has 0 aliphatic carbocycles. The van der Waals surface area contributed by atoms with Crippen LogP contribution in [0.4, 0.5) is 0 Å². The number of nitrogens with one attached hydrogen (secondary N) is 1. The van der Waals surface area contributed by atoms with Crippen molar-refractivity contribution in [2.24, 2.45) is 4.99 Å². The normalized spacial score (nSPS) is 15.4. The van der Waals surface area contributed by atoms with Crippen molar-refractivity contribution < 1.29 is 4.42 Å². The molecule has 10 aromatic rings. The third-order valence-electron chi connectivity index (χ3n) is 11.7. The number of para-hydroxylation sites is 2. The van der Waals surface area contributed by atoms with Crippen LogP contribution in [-0.2, 0) is 5.66 Å². The minimum absolute atomic E-state index is 0.502. The Morgan fingerprint density at radius 1 is 0.542 bits per heavy atom. The first kappa shape index (κ1) is 34.3. The first-order chi connectivity index (χ1) is 29.1. The zero-order chi connectivity index (χ0) is 39.5. The van der Waals surface area contributed by atoms with Gasteiger partial charge in [-0.15, -0.1) is 0 Å². The summed E-state index contributed by atoms with van der Waals surface area (Å²) in [6.45, 7) is 2.12. The quantitative estimate of drug-likeness (QED) is 0.184. The number of aliphatic imine (C=N–C) groups is 1. The zero-order valence-corrected chi connectivity index (χ0v) is 32.2. The lowest BCUT2D eigenvalue weighted by Crippen LogP contribution is -2.42. The number of fused-ring (bicyclic) bond motifs is 7. The van der Waals surface area contributed by atoms with E-state index >= 15 is 0 Å². The molecule has 11 rings (SSSR count). The molecular formula is C54H36N4O. The van der Waals surface area contributed by atoms with Crippen LogP contribution in [0.2, 0.25) is 0 Å². The van der Waals surface area contributed by atoms with Crippen LogP contribution in [0.5, 0.6) is 0 Å². The third-order valence-corrected chi connectivity index (χ3v) is 11.7. The van der Waals surface area contributed by atoms with Gasteiger partial charge >= 0.3 is 0 Å². The van der Waals surface area contributed by atoms with E-state index in [-0.39, 0.29) is 0 Å². The molecule has 1 unspecified atom stereocenters. The Balaban J connectivity index is 1.23. The molecule has 1 atom stereocenters. The summed E-state index contributed by atoms with van der Waals surface area (Å²) in [5.74, 6) is 0. The van der Waals surface area contributed by atoms with Gasteiger partial charge in [-0.05, 0) is 41.8 Å². The molecule has 0 spiro atoms. The fraction of sp³-hybridized carbons (Fsp3) is 0.0370. The first-order valence-corrected chi connectivity index (χ1v) is 19.9. The maximum absolute atomic E-state index is 10.8. The SMILES string of the molecule is CC1(c2cccc(-n3c4ccccc4c4ccc5c6cccc(-c7ccccc7)c6oc5c43)c2-c2ccccc2)N=C(c2ccccc2)C(C#N)=C(c2ccccc2)N1. The van der Waals surface area contributed by atoms with Crippen molar-refractivity contribution in [3.05, 3.63) is 216 Å². The van der Waals surface area contributed by atoms with E-state index in [1.54, 1.807) is 0 Å². The second-order valence-corrected chi connectivity index (χ2v) is 15.2. The number of nitriles is 1. The van der Waals surface area contributed by atoms with Crippen LogP contribution in [-0.4, -0.2) is 10.3 Å². The van der Waals surface area contributed by atoms with E-state index in [1.807, 2.05) is 66.7 Å². The summed E-state index contributed by atoms with van der Waals surface area (Å²) < 4.78 is 9.49. The Kier molecular flexibility index (Phi) is 7.92. The summed E-state index contributed by atoms with van der Waals surface area (Å²) in [5, 5.41) is 19.0. The number of aromatic nitrogens is 1. The standard InChI is InChI=1S/C54H36N4O/c1-54(56-49(37-22-10-4-11-23-37)44(34-55)50(57-54)38-24-12-5-13-25-38)45-29-17-31-47(48(45)36-20-8-3-9-21-36)58-46-30-15-14-26-40(46)41-32-33-43-42-28-16-27-39(35-18-6-2-7-19-35)52(42)59-53(43)51(41)58/h2-33,56H,1H3. The zero-order valence-electron chi connectivity index (χ0n) is 32.2. The topological polar surface area (TPSA) is 66.2 Å². The molecule has 0 bridgehead atoms. The minimum atomic E-state index is -1.00. The van der Waals surface area contributed by atoms with Crippen molar-refractivity contribution in [2.45, 2.75) is 12.6 Å². The molecule has 0 amide bonds. The highest BCUT2D eigenvalue weighted by molar-refractivity contribution is 6.23. The maximum atomic E-state index is 10.8. The minimum Gasteiger partial charge on any atom is -0.453 e. The largest absolute Gasteiger partial charge is 0.453 e. The summed E-state index contributed by atoms with van der Waals surface area (Å²) >= 11 is 0. The number of hydrogen-bond acceptors (Lipinski definition) is 4. The average molecular weight is 757 g/mol. The Morgan fingerprint density at radius 2 is 1.12 bits per heavy atom. The molecule has 8 aromatic carbocycles. The van der Waals surface area contributed by atoms with Gasteiger partial charge in [-0.2, -0.15) is 5.26 Å². The van der Waals surface area contributed by atoms with Gasteiger partial charge in [0, 0.05) is 43.8 Å². The molecule has 2 aromatic heterocycles. The summed E-state index contributed by atoms with van der Waals surface area (Å²) in [6.07, 6.45) is 0. The van der Waals surface area contributed by atoms with Crippen molar-refractivity contribution >= 4 is 55.2 Å². The number of rotatable bonds is 6. The van der Waals surface area contributed by atoms with Crippen molar-refractivity contribution in [1.29, 1.82) is 5.26 Å². The van der Waals surface area contributed by atoms with Gasteiger partial charge in [-0.25, -0.2) is 0 Å². The molecule has 0 radical (unpaired) electrons. The Morgan fingerprint density at radius 3 is 1.83 bits per heavy atom. The van der Waals surface area contributed by atoms with Crippen LogP contribution in [0.25, 0.3) is 77.4 Å². The molecule has 5 nitrogen and oxygen atoms in total. The summed E-state index contributed by atoms with van der Waals surface area (Å²) in [4.78, 5) is 5.53. The van der Waals surface area contributed by atoms with E-state index in [1.165, 1.54) is 0 Å². The summed E-state index contributed by atoms with van der Waals surface area (Å²) in [5.41, 5.74) is 12.6. The molecule has 1 aliphatic heterocycles.